The smallest absolute Gasteiger partial charge is 0.261 e. The number of rotatable bonds is 6. The van der Waals surface area contributed by atoms with Gasteiger partial charge in [-0.15, -0.1) is 0 Å². The lowest BCUT2D eigenvalue weighted by Gasteiger charge is -2.13. The Kier molecular flexibility index (Phi) is 4.98. The lowest BCUT2D eigenvalue weighted by atomic mass is 10.2. The van der Waals surface area contributed by atoms with Crippen LogP contribution in [0.5, 0.6) is 0 Å². The molecule has 0 spiro atoms. The first kappa shape index (κ1) is 15.5. The van der Waals surface area contributed by atoms with Crippen molar-refractivity contribution in [2.24, 2.45) is 0 Å². The molecule has 0 unspecified atom stereocenters. The molecule has 0 aliphatic rings. The van der Waals surface area contributed by atoms with Gasteiger partial charge in [0, 0.05) is 6.54 Å². The van der Waals surface area contributed by atoms with Crippen LogP contribution < -0.4 is 10.0 Å². The number of nitrogens with one attached hydrogen (secondary N) is 2. The summed E-state index contributed by atoms with van der Waals surface area (Å²) in [6.45, 7) is 5.35. The van der Waals surface area contributed by atoms with Crippen LogP contribution in [0.15, 0.2) is 53.4 Å². The van der Waals surface area contributed by atoms with Crippen LogP contribution in [0, 0.1) is 6.92 Å². The molecule has 5 heteroatoms. The summed E-state index contributed by atoms with van der Waals surface area (Å²) in [5.41, 5.74) is 2.45. The molecule has 2 N–H and O–H groups in total. The van der Waals surface area contributed by atoms with E-state index in [4.69, 9.17) is 0 Å². The van der Waals surface area contributed by atoms with Gasteiger partial charge in [0.15, 0.2) is 0 Å². The number of aryl methyl sites for hydroxylation is 1. The molecular formula is C16H20N2O2S. The number of hydrogen-bond donors (Lipinski definition) is 2. The topological polar surface area (TPSA) is 58.2 Å². The molecule has 112 valence electrons. The predicted octanol–water partition coefficient (Wildman–Crippen LogP) is 2.91. The predicted molar refractivity (Wildman–Crippen MR) is 85.8 cm³/mol. The van der Waals surface area contributed by atoms with E-state index in [9.17, 15) is 8.42 Å². The molecule has 2 aromatic carbocycles. The summed E-state index contributed by atoms with van der Waals surface area (Å²) in [5, 5.41) is 3.20. The van der Waals surface area contributed by atoms with Crippen molar-refractivity contribution in [2.75, 3.05) is 11.3 Å². The molecule has 2 rings (SSSR count). The molecule has 0 aliphatic carbocycles. The Morgan fingerprint density at radius 3 is 2.52 bits per heavy atom. The van der Waals surface area contributed by atoms with Gasteiger partial charge in [0.2, 0.25) is 0 Å². The fourth-order valence-corrected chi connectivity index (χ4v) is 3.23. The van der Waals surface area contributed by atoms with Crippen molar-refractivity contribution >= 4 is 15.7 Å². The number of sulfonamides is 1. The molecule has 0 amide bonds. The van der Waals surface area contributed by atoms with Crippen LogP contribution in [0.3, 0.4) is 0 Å². The van der Waals surface area contributed by atoms with Gasteiger partial charge in [-0.25, -0.2) is 8.42 Å². The van der Waals surface area contributed by atoms with Crippen LogP contribution in [-0.4, -0.2) is 15.0 Å². The van der Waals surface area contributed by atoms with E-state index in [2.05, 4.69) is 10.0 Å². The number of anilines is 1. The van der Waals surface area contributed by atoms with E-state index < -0.39 is 10.0 Å². The maximum Gasteiger partial charge on any atom is 0.261 e. The van der Waals surface area contributed by atoms with Crippen molar-refractivity contribution in [2.45, 2.75) is 25.3 Å². The highest BCUT2D eigenvalue weighted by Crippen LogP contribution is 2.20. The van der Waals surface area contributed by atoms with Crippen molar-refractivity contribution in [1.29, 1.82) is 0 Å². The molecule has 0 atom stereocenters. The second-order valence-electron chi connectivity index (χ2n) is 4.86. The molecular weight excluding hydrogens is 284 g/mol. The zero-order valence-corrected chi connectivity index (χ0v) is 13.1. The van der Waals surface area contributed by atoms with Gasteiger partial charge < -0.3 is 5.32 Å². The molecule has 0 bridgehead atoms. The van der Waals surface area contributed by atoms with E-state index in [0.29, 0.717) is 12.2 Å². The van der Waals surface area contributed by atoms with Gasteiger partial charge >= 0.3 is 0 Å². The maximum atomic E-state index is 12.4. The molecule has 4 nitrogen and oxygen atoms in total. The lowest BCUT2D eigenvalue weighted by molar-refractivity contribution is 0.601. The zero-order valence-electron chi connectivity index (χ0n) is 12.3. The summed E-state index contributed by atoms with van der Waals surface area (Å²) < 4.78 is 27.6. The maximum absolute atomic E-state index is 12.4. The van der Waals surface area contributed by atoms with Crippen LogP contribution in [0.4, 0.5) is 5.69 Å². The Balaban J connectivity index is 2.29. The minimum Gasteiger partial charge on any atom is -0.313 e. The summed E-state index contributed by atoms with van der Waals surface area (Å²) in [5.74, 6) is 0. The average Bonchev–Trinajstić information content (AvgIpc) is 2.46. The molecule has 0 saturated carbocycles. The highest BCUT2D eigenvalue weighted by Gasteiger charge is 2.15. The second-order valence-corrected chi connectivity index (χ2v) is 6.54. The number of benzene rings is 2. The Bertz CT molecular complexity index is 712. The molecule has 0 fully saturated rings. The Morgan fingerprint density at radius 2 is 1.81 bits per heavy atom. The minimum atomic E-state index is -3.56. The second kappa shape index (κ2) is 6.74. The Labute approximate surface area is 126 Å². The summed E-state index contributed by atoms with van der Waals surface area (Å²) in [6, 6.07) is 14.3. The quantitative estimate of drug-likeness (QED) is 0.862. The monoisotopic (exact) mass is 304 g/mol. The fourth-order valence-electron chi connectivity index (χ4n) is 2.02. The van der Waals surface area contributed by atoms with Crippen LogP contribution >= 0.6 is 0 Å². The molecule has 21 heavy (non-hydrogen) atoms. The van der Waals surface area contributed by atoms with Gasteiger partial charge in [-0.3, -0.25) is 4.72 Å². The molecule has 0 aromatic heterocycles. The summed E-state index contributed by atoms with van der Waals surface area (Å²) in [4.78, 5) is 0.278. The first-order valence-corrected chi connectivity index (χ1v) is 8.39. The van der Waals surface area contributed by atoms with Gasteiger partial charge in [0.1, 0.15) is 0 Å². The minimum absolute atomic E-state index is 0.278. The van der Waals surface area contributed by atoms with E-state index >= 15 is 0 Å². The molecule has 0 heterocycles. The van der Waals surface area contributed by atoms with Crippen molar-refractivity contribution in [3.8, 4) is 0 Å². The summed E-state index contributed by atoms with van der Waals surface area (Å²) >= 11 is 0. The SMILES string of the molecule is CCNCc1ccccc1NS(=O)(=O)c1cccc(C)c1. The summed E-state index contributed by atoms with van der Waals surface area (Å²) in [6.07, 6.45) is 0. The number of para-hydroxylation sites is 1. The van der Waals surface area contributed by atoms with Gasteiger partial charge in [0.05, 0.1) is 10.6 Å². The lowest BCUT2D eigenvalue weighted by Crippen LogP contribution is -2.17. The van der Waals surface area contributed by atoms with Gasteiger partial charge in [-0.05, 0) is 42.8 Å². The standard InChI is InChI=1S/C16H20N2O2S/c1-3-17-12-14-8-4-5-10-16(14)18-21(19,20)15-9-6-7-13(2)11-15/h4-11,17-18H,3,12H2,1-2H3. The Hall–Kier alpha value is -1.85. The molecule has 0 radical (unpaired) electrons. The normalized spacial score (nSPS) is 11.3. The molecule has 2 aromatic rings. The third kappa shape index (κ3) is 4.06. The van der Waals surface area contributed by atoms with Crippen LogP contribution in [0.25, 0.3) is 0 Å². The molecule has 0 aliphatic heterocycles. The summed E-state index contributed by atoms with van der Waals surface area (Å²) in [7, 11) is -3.56. The van der Waals surface area contributed by atoms with Crippen molar-refractivity contribution < 1.29 is 8.42 Å². The highest BCUT2D eigenvalue weighted by molar-refractivity contribution is 7.92. The molecule has 0 saturated heterocycles. The third-order valence-electron chi connectivity index (χ3n) is 3.13. The van der Waals surface area contributed by atoms with Crippen molar-refractivity contribution in [1.82, 2.24) is 5.32 Å². The number of hydrogen-bond acceptors (Lipinski definition) is 3. The van der Waals surface area contributed by atoms with E-state index in [1.807, 2.05) is 38.1 Å². The zero-order chi connectivity index (χ0) is 15.3. The van der Waals surface area contributed by atoms with Gasteiger partial charge in [-0.1, -0.05) is 37.3 Å². The first-order chi connectivity index (χ1) is 10.0. The van der Waals surface area contributed by atoms with Crippen molar-refractivity contribution in [3.05, 3.63) is 59.7 Å². The average molecular weight is 304 g/mol. The Morgan fingerprint density at radius 1 is 1.05 bits per heavy atom. The van der Waals surface area contributed by atoms with Crippen LogP contribution in [0.2, 0.25) is 0 Å². The first-order valence-electron chi connectivity index (χ1n) is 6.91. The van der Waals surface area contributed by atoms with Crippen LogP contribution in [0.1, 0.15) is 18.1 Å². The van der Waals surface area contributed by atoms with Gasteiger partial charge in [0.25, 0.3) is 10.0 Å². The van der Waals surface area contributed by atoms with E-state index in [-0.39, 0.29) is 4.90 Å². The third-order valence-corrected chi connectivity index (χ3v) is 4.49. The van der Waals surface area contributed by atoms with E-state index in [1.165, 1.54) is 0 Å². The van der Waals surface area contributed by atoms with Gasteiger partial charge in [-0.2, -0.15) is 0 Å². The van der Waals surface area contributed by atoms with Crippen LogP contribution in [-0.2, 0) is 16.6 Å². The van der Waals surface area contributed by atoms with Crippen molar-refractivity contribution in [3.63, 3.8) is 0 Å². The largest absolute Gasteiger partial charge is 0.313 e. The van der Waals surface area contributed by atoms with E-state index in [0.717, 1.165) is 17.7 Å². The fraction of sp³-hybridized carbons (Fsp3) is 0.250. The highest BCUT2D eigenvalue weighted by atomic mass is 32.2. The van der Waals surface area contributed by atoms with E-state index in [1.54, 1.807) is 24.3 Å².